The second-order valence-electron chi connectivity index (χ2n) is 6.10. The average molecular weight is 309 g/mol. The van der Waals surface area contributed by atoms with Crippen molar-refractivity contribution < 1.29 is 14.9 Å². The van der Waals surface area contributed by atoms with Crippen molar-refractivity contribution in [2.24, 2.45) is 10.9 Å². The molecule has 0 amide bonds. The van der Waals surface area contributed by atoms with Gasteiger partial charge in [-0.25, -0.2) is 0 Å². The van der Waals surface area contributed by atoms with Crippen molar-refractivity contribution in [2.75, 3.05) is 13.8 Å². The summed E-state index contributed by atoms with van der Waals surface area (Å²) >= 11 is 0. The van der Waals surface area contributed by atoms with Crippen LogP contribution < -0.4 is 0 Å². The molecular weight excluding hydrogens is 278 g/mol. The molecule has 0 spiro atoms. The van der Waals surface area contributed by atoms with E-state index in [1.807, 2.05) is 13.0 Å². The van der Waals surface area contributed by atoms with E-state index in [1.165, 1.54) is 5.57 Å². The molecule has 0 aromatic rings. The number of ether oxygens (including phenoxy) is 1. The Morgan fingerprint density at radius 2 is 2.05 bits per heavy atom. The lowest BCUT2D eigenvalue weighted by Crippen LogP contribution is -2.31. The molecule has 22 heavy (non-hydrogen) atoms. The Bertz CT molecular complexity index is 401. The van der Waals surface area contributed by atoms with E-state index < -0.39 is 6.10 Å². The fraction of sp³-hybridized carbons (Fsp3) is 0.722. The molecule has 0 saturated heterocycles. The summed E-state index contributed by atoms with van der Waals surface area (Å²) in [5.74, 6) is 0.0378. The molecule has 0 unspecified atom stereocenters. The number of aliphatic imine (C=N–C) groups is 1. The van der Waals surface area contributed by atoms with Crippen molar-refractivity contribution in [2.45, 2.75) is 64.6 Å². The van der Waals surface area contributed by atoms with Gasteiger partial charge in [0.05, 0.1) is 6.10 Å². The Morgan fingerprint density at radius 3 is 2.73 bits per heavy atom. The standard InChI is InChI=1S/C18H31NO3/c1-14-10-11-16(19-13-20)8-6-4-5-7-9-17(22-3)18(21)15(2)12-14/h7,9,12,15,17-18,20-21H,4-6,8,10-11,13H2,1-3H3/b9-7+,14-12-,19-16?/t15-,17+,18+/m1/s1. The third-order valence-electron chi connectivity index (χ3n) is 4.21. The van der Waals surface area contributed by atoms with E-state index in [0.717, 1.165) is 44.2 Å². The monoisotopic (exact) mass is 309 g/mol. The predicted molar refractivity (Wildman–Crippen MR) is 91.1 cm³/mol. The Kier molecular flexibility index (Phi) is 9.28. The second-order valence-corrected chi connectivity index (χ2v) is 6.10. The molecule has 1 aliphatic rings. The molecule has 0 heterocycles. The molecular formula is C18H31NO3. The lowest BCUT2D eigenvalue weighted by atomic mass is 9.94. The van der Waals surface area contributed by atoms with E-state index in [1.54, 1.807) is 7.11 Å². The molecule has 1 aliphatic carbocycles. The van der Waals surface area contributed by atoms with Crippen LogP contribution in [0.25, 0.3) is 0 Å². The fourth-order valence-corrected chi connectivity index (χ4v) is 2.81. The van der Waals surface area contributed by atoms with E-state index in [-0.39, 0.29) is 18.8 Å². The number of aliphatic hydroxyl groups excluding tert-OH is 2. The first-order valence-electron chi connectivity index (χ1n) is 8.26. The molecule has 0 radical (unpaired) electrons. The normalized spacial score (nSPS) is 34.7. The number of aliphatic hydroxyl groups is 2. The topological polar surface area (TPSA) is 62.0 Å². The van der Waals surface area contributed by atoms with Crippen LogP contribution in [0.15, 0.2) is 28.8 Å². The van der Waals surface area contributed by atoms with Crippen molar-refractivity contribution in [3.8, 4) is 0 Å². The SMILES string of the molecule is CO[C@H]1/C=C/CCCCC(=NCO)CC/C(C)=C\[C@@H](C)[C@@H]1O. The minimum absolute atomic E-state index is 0.0378. The first-order valence-corrected chi connectivity index (χ1v) is 8.26. The Balaban J connectivity index is 2.83. The van der Waals surface area contributed by atoms with E-state index in [2.05, 4.69) is 24.1 Å². The lowest BCUT2D eigenvalue weighted by molar-refractivity contribution is -0.00187. The molecule has 0 aromatic carbocycles. The van der Waals surface area contributed by atoms with Gasteiger partial charge >= 0.3 is 0 Å². The minimum atomic E-state index is -0.537. The number of rotatable bonds is 2. The second kappa shape index (κ2) is 10.7. The van der Waals surface area contributed by atoms with Gasteiger partial charge in [-0.15, -0.1) is 0 Å². The van der Waals surface area contributed by atoms with E-state index >= 15 is 0 Å². The number of methoxy groups -OCH3 is 1. The summed E-state index contributed by atoms with van der Waals surface area (Å²) in [5, 5.41) is 19.5. The van der Waals surface area contributed by atoms with Crippen molar-refractivity contribution in [1.29, 1.82) is 0 Å². The van der Waals surface area contributed by atoms with Gasteiger partial charge in [-0.1, -0.05) is 30.7 Å². The summed E-state index contributed by atoms with van der Waals surface area (Å²) in [6, 6.07) is 0. The van der Waals surface area contributed by atoms with Gasteiger partial charge in [-0.2, -0.15) is 0 Å². The average Bonchev–Trinajstić information content (AvgIpc) is 2.50. The van der Waals surface area contributed by atoms with Crippen molar-refractivity contribution in [1.82, 2.24) is 0 Å². The summed E-state index contributed by atoms with van der Waals surface area (Å²) in [6.07, 6.45) is 11.3. The highest BCUT2D eigenvalue weighted by Gasteiger charge is 2.21. The molecule has 4 heteroatoms. The smallest absolute Gasteiger partial charge is 0.134 e. The number of nitrogens with zero attached hydrogens (tertiary/aromatic N) is 1. The van der Waals surface area contributed by atoms with Crippen molar-refractivity contribution >= 4 is 5.71 Å². The fourth-order valence-electron chi connectivity index (χ4n) is 2.81. The highest BCUT2D eigenvalue weighted by molar-refractivity contribution is 5.84. The molecule has 2 N–H and O–H groups in total. The number of allylic oxidation sites excluding steroid dienone is 2. The van der Waals surface area contributed by atoms with Crippen LogP contribution >= 0.6 is 0 Å². The van der Waals surface area contributed by atoms with Crippen LogP contribution in [0.2, 0.25) is 0 Å². The van der Waals surface area contributed by atoms with Gasteiger partial charge in [-0.3, -0.25) is 4.99 Å². The van der Waals surface area contributed by atoms with Gasteiger partial charge in [0, 0.05) is 18.7 Å². The van der Waals surface area contributed by atoms with Crippen molar-refractivity contribution in [3.63, 3.8) is 0 Å². The van der Waals surface area contributed by atoms with Crippen molar-refractivity contribution in [3.05, 3.63) is 23.8 Å². The Morgan fingerprint density at radius 1 is 1.27 bits per heavy atom. The van der Waals surface area contributed by atoms with Crippen LogP contribution in [0.3, 0.4) is 0 Å². The summed E-state index contributed by atoms with van der Waals surface area (Å²) in [4.78, 5) is 4.20. The quantitative estimate of drug-likeness (QED) is 0.770. The van der Waals surface area contributed by atoms with Gasteiger partial charge in [-0.05, 0) is 45.4 Å². The van der Waals surface area contributed by atoms with Crippen LogP contribution in [0, 0.1) is 5.92 Å². The number of hydrogen-bond donors (Lipinski definition) is 2. The van der Waals surface area contributed by atoms with Gasteiger partial charge in [0.1, 0.15) is 12.8 Å². The first-order chi connectivity index (χ1) is 10.6. The van der Waals surface area contributed by atoms with E-state index in [0.29, 0.717) is 0 Å². The molecule has 126 valence electrons. The molecule has 0 aromatic heterocycles. The molecule has 0 bridgehead atoms. The molecule has 1 rings (SSSR count). The van der Waals surface area contributed by atoms with E-state index in [9.17, 15) is 5.11 Å². The maximum Gasteiger partial charge on any atom is 0.134 e. The molecule has 0 fully saturated rings. The summed E-state index contributed by atoms with van der Waals surface area (Å²) in [7, 11) is 1.64. The Labute approximate surface area is 134 Å². The van der Waals surface area contributed by atoms with Crippen LogP contribution in [0.1, 0.15) is 52.4 Å². The zero-order chi connectivity index (χ0) is 16.4. The molecule has 0 aliphatic heterocycles. The summed E-state index contributed by atoms with van der Waals surface area (Å²) < 4.78 is 5.41. The van der Waals surface area contributed by atoms with Gasteiger partial charge < -0.3 is 14.9 Å². The van der Waals surface area contributed by atoms with Gasteiger partial charge in [0.15, 0.2) is 0 Å². The van der Waals surface area contributed by atoms with Crippen LogP contribution in [-0.4, -0.2) is 42.0 Å². The zero-order valence-electron chi connectivity index (χ0n) is 14.2. The summed E-state index contributed by atoms with van der Waals surface area (Å²) in [5.41, 5.74) is 2.34. The minimum Gasteiger partial charge on any atom is -0.389 e. The molecule has 4 nitrogen and oxygen atoms in total. The van der Waals surface area contributed by atoms with Crippen LogP contribution in [0.5, 0.6) is 0 Å². The number of hydrogen-bond acceptors (Lipinski definition) is 4. The predicted octanol–water partition coefficient (Wildman–Crippen LogP) is 3.25. The zero-order valence-corrected chi connectivity index (χ0v) is 14.2. The maximum absolute atomic E-state index is 10.4. The third kappa shape index (κ3) is 6.86. The highest BCUT2D eigenvalue weighted by Crippen LogP contribution is 2.19. The maximum atomic E-state index is 10.4. The highest BCUT2D eigenvalue weighted by atomic mass is 16.5. The van der Waals surface area contributed by atoms with Gasteiger partial charge in [0.25, 0.3) is 0 Å². The van der Waals surface area contributed by atoms with E-state index in [4.69, 9.17) is 9.84 Å². The van der Waals surface area contributed by atoms with Gasteiger partial charge in [0.2, 0.25) is 0 Å². The first kappa shape index (κ1) is 19.1. The summed E-state index contributed by atoms with van der Waals surface area (Å²) in [6.45, 7) is 3.98. The lowest BCUT2D eigenvalue weighted by Gasteiger charge is -2.23. The molecule has 3 atom stereocenters. The van der Waals surface area contributed by atoms with Crippen LogP contribution in [0.4, 0.5) is 0 Å². The van der Waals surface area contributed by atoms with Crippen LogP contribution in [-0.2, 0) is 4.74 Å². The Hall–Kier alpha value is -0.970. The molecule has 0 saturated carbocycles. The largest absolute Gasteiger partial charge is 0.389 e. The third-order valence-corrected chi connectivity index (χ3v) is 4.21.